The standard InChI is InChI=1S/C19H17F5O/c1-2-3-4-13-5-7-14(8-6-13)15-9-11-16(12-10-15)17(25)18(20,21)19(22,23)24/h5-12H,2-4H2,1H3. The van der Waals surface area contributed by atoms with Crippen LogP contribution in [-0.2, 0) is 6.42 Å². The number of benzene rings is 2. The molecular formula is C19H17F5O. The average molecular weight is 356 g/mol. The van der Waals surface area contributed by atoms with Crippen LogP contribution in [0.4, 0.5) is 22.0 Å². The number of hydrogen-bond donors (Lipinski definition) is 0. The fourth-order valence-corrected chi connectivity index (χ4v) is 2.37. The van der Waals surface area contributed by atoms with Crippen molar-refractivity contribution in [2.75, 3.05) is 0 Å². The first kappa shape index (κ1) is 19.1. The zero-order valence-electron chi connectivity index (χ0n) is 13.5. The lowest BCUT2D eigenvalue weighted by atomic mass is 9.98. The number of hydrogen-bond acceptors (Lipinski definition) is 1. The third kappa shape index (κ3) is 4.24. The van der Waals surface area contributed by atoms with Crippen LogP contribution in [0.3, 0.4) is 0 Å². The molecule has 0 aromatic heterocycles. The zero-order chi connectivity index (χ0) is 18.7. The highest BCUT2D eigenvalue weighted by Gasteiger charge is 2.63. The molecular weight excluding hydrogens is 339 g/mol. The van der Waals surface area contributed by atoms with Crippen molar-refractivity contribution in [3.63, 3.8) is 0 Å². The van der Waals surface area contributed by atoms with Gasteiger partial charge in [-0.3, -0.25) is 4.79 Å². The predicted octanol–water partition coefficient (Wildman–Crippen LogP) is 6.08. The van der Waals surface area contributed by atoms with Gasteiger partial charge in [0.15, 0.2) is 0 Å². The molecule has 0 atom stereocenters. The van der Waals surface area contributed by atoms with Crippen LogP contribution in [0, 0.1) is 0 Å². The predicted molar refractivity (Wildman–Crippen MR) is 85.8 cm³/mol. The smallest absolute Gasteiger partial charge is 0.287 e. The number of Topliss-reactive ketones (excluding diaryl/α,β-unsaturated/α-hetero) is 1. The molecule has 0 fully saturated rings. The number of carbonyl (C=O) groups excluding carboxylic acids is 1. The minimum atomic E-state index is -5.91. The van der Waals surface area contributed by atoms with Crippen molar-refractivity contribution in [3.8, 4) is 11.1 Å². The van der Waals surface area contributed by atoms with Gasteiger partial charge in [-0.05, 0) is 29.5 Å². The highest BCUT2D eigenvalue weighted by molar-refractivity contribution is 6.02. The van der Waals surface area contributed by atoms with Crippen molar-refractivity contribution in [1.29, 1.82) is 0 Å². The molecule has 0 radical (unpaired) electrons. The van der Waals surface area contributed by atoms with Gasteiger partial charge in [-0.25, -0.2) is 0 Å². The topological polar surface area (TPSA) is 17.1 Å². The monoisotopic (exact) mass is 356 g/mol. The third-order valence-corrected chi connectivity index (χ3v) is 3.89. The Morgan fingerprint density at radius 2 is 1.32 bits per heavy atom. The second-order valence-electron chi connectivity index (χ2n) is 5.78. The lowest BCUT2D eigenvalue weighted by molar-refractivity contribution is -0.255. The number of ketones is 1. The van der Waals surface area contributed by atoms with Crippen LogP contribution in [0.15, 0.2) is 48.5 Å². The number of aryl methyl sites for hydroxylation is 1. The molecule has 2 aromatic rings. The van der Waals surface area contributed by atoms with Gasteiger partial charge in [-0.2, -0.15) is 22.0 Å². The Morgan fingerprint density at radius 1 is 0.840 bits per heavy atom. The van der Waals surface area contributed by atoms with Crippen LogP contribution in [0.1, 0.15) is 35.7 Å². The van der Waals surface area contributed by atoms with E-state index in [-0.39, 0.29) is 0 Å². The van der Waals surface area contributed by atoms with Crippen molar-refractivity contribution in [2.45, 2.75) is 38.3 Å². The maximum atomic E-state index is 13.1. The van der Waals surface area contributed by atoms with Gasteiger partial charge in [-0.15, -0.1) is 0 Å². The van der Waals surface area contributed by atoms with Crippen molar-refractivity contribution < 1.29 is 26.7 Å². The van der Waals surface area contributed by atoms with E-state index in [1.165, 1.54) is 17.7 Å². The average Bonchev–Trinajstić information content (AvgIpc) is 2.59. The van der Waals surface area contributed by atoms with Crippen molar-refractivity contribution in [3.05, 3.63) is 59.7 Å². The quantitative estimate of drug-likeness (QED) is 0.453. The molecule has 0 saturated heterocycles. The Bertz CT molecular complexity index is 715. The van der Waals surface area contributed by atoms with E-state index in [0.29, 0.717) is 5.56 Å². The lowest BCUT2D eigenvalue weighted by Gasteiger charge is -2.18. The summed E-state index contributed by atoms with van der Waals surface area (Å²) in [7, 11) is 0. The van der Waals surface area contributed by atoms with Crippen molar-refractivity contribution in [2.24, 2.45) is 0 Å². The van der Waals surface area contributed by atoms with E-state index in [4.69, 9.17) is 0 Å². The minimum absolute atomic E-state index is 0.633. The summed E-state index contributed by atoms with van der Waals surface area (Å²) in [6.07, 6.45) is -2.79. The van der Waals surface area contributed by atoms with Gasteiger partial charge in [0.1, 0.15) is 0 Å². The number of unbranched alkanes of at least 4 members (excludes halogenated alkanes) is 1. The first-order valence-electron chi connectivity index (χ1n) is 7.85. The molecule has 0 spiro atoms. The highest BCUT2D eigenvalue weighted by atomic mass is 19.4. The maximum absolute atomic E-state index is 13.1. The summed E-state index contributed by atoms with van der Waals surface area (Å²) >= 11 is 0. The maximum Gasteiger partial charge on any atom is 0.461 e. The summed E-state index contributed by atoms with van der Waals surface area (Å²) in [5, 5.41) is 0. The van der Waals surface area contributed by atoms with E-state index in [9.17, 15) is 26.7 Å². The minimum Gasteiger partial charge on any atom is -0.287 e. The molecule has 0 heterocycles. The Morgan fingerprint density at radius 3 is 1.76 bits per heavy atom. The van der Waals surface area contributed by atoms with Gasteiger partial charge in [0, 0.05) is 5.56 Å². The zero-order valence-corrected chi connectivity index (χ0v) is 13.5. The number of rotatable bonds is 6. The van der Waals surface area contributed by atoms with Crippen LogP contribution in [0.25, 0.3) is 11.1 Å². The van der Waals surface area contributed by atoms with Crippen LogP contribution in [-0.4, -0.2) is 17.9 Å². The highest BCUT2D eigenvalue weighted by Crippen LogP contribution is 2.38. The molecule has 0 bridgehead atoms. The fraction of sp³-hybridized carbons (Fsp3) is 0.316. The molecule has 2 aromatic carbocycles. The van der Waals surface area contributed by atoms with E-state index in [0.717, 1.165) is 37.0 Å². The van der Waals surface area contributed by atoms with Gasteiger partial charge in [0.25, 0.3) is 0 Å². The summed E-state index contributed by atoms with van der Waals surface area (Å²) in [6, 6.07) is 12.3. The largest absolute Gasteiger partial charge is 0.461 e. The summed E-state index contributed by atoms with van der Waals surface area (Å²) in [5.74, 6) is -7.64. The van der Waals surface area contributed by atoms with Gasteiger partial charge >= 0.3 is 12.1 Å². The van der Waals surface area contributed by atoms with Crippen LogP contribution >= 0.6 is 0 Å². The normalized spacial score (nSPS) is 12.2. The molecule has 0 unspecified atom stereocenters. The second-order valence-corrected chi connectivity index (χ2v) is 5.78. The van der Waals surface area contributed by atoms with Crippen LogP contribution in [0.2, 0.25) is 0 Å². The van der Waals surface area contributed by atoms with Crippen LogP contribution < -0.4 is 0 Å². The van der Waals surface area contributed by atoms with E-state index in [1.54, 1.807) is 0 Å². The summed E-state index contributed by atoms with van der Waals surface area (Å²) in [6.45, 7) is 2.10. The number of carbonyl (C=O) groups is 1. The summed E-state index contributed by atoms with van der Waals surface area (Å²) < 4.78 is 63.0. The number of halogens is 5. The van der Waals surface area contributed by atoms with E-state index >= 15 is 0 Å². The number of alkyl halides is 5. The van der Waals surface area contributed by atoms with Crippen molar-refractivity contribution >= 4 is 5.78 Å². The molecule has 6 heteroatoms. The molecule has 0 aliphatic carbocycles. The van der Waals surface area contributed by atoms with Gasteiger partial charge in [-0.1, -0.05) is 61.9 Å². The molecule has 0 N–H and O–H groups in total. The molecule has 134 valence electrons. The molecule has 0 saturated carbocycles. The first-order valence-corrected chi connectivity index (χ1v) is 7.85. The summed E-state index contributed by atoms with van der Waals surface area (Å²) in [4.78, 5) is 11.4. The Labute approximate surface area is 142 Å². The molecule has 0 aliphatic heterocycles. The Balaban J connectivity index is 2.18. The molecule has 1 nitrogen and oxygen atoms in total. The van der Waals surface area contributed by atoms with E-state index in [2.05, 4.69) is 6.92 Å². The van der Waals surface area contributed by atoms with Gasteiger partial charge < -0.3 is 0 Å². The first-order chi connectivity index (χ1) is 11.7. The second kappa shape index (κ2) is 7.33. The summed E-state index contributed by atoms with van der Waals surface area (Å²) in [5.41, 5.74) is 1.92. The van der Waals surface area contributed by atoms with Gasteiger partial charge in [0.05, 0.1) is 0 Å². The molecule has 2 rings (SSSR count). The Hall–Kier alpha value is -2.24. The SMILES string of the molecule is CCCCc1ccc(-c2ccc(C(=O)C(F)(F)C(F)(F)F)cc2)cc1. The van der Waals surface area contributed by atoms with Gasteiger partial charge in [0.2, 0.25) is 5.78 Å². The fourth-order valence-electron chi connectivity index (χ4n) is 2.37. The molecule has 0 amide bonds. The molecule has 0 aliphatic rings. The third-order valence-electron chi connectivity index (χ3n) is 3.89. The van der Waals surface area contributed by atoms with Crippen molar-refractivity contribution in [1.82, 2.24) is 0 Å². The molecule has 25 heavy (non-hydrogen) atoms. The van der Waals surface area contributed by atoms with E-state index in [1.807, 2.05) is 24.3 Å². The Kier molecular flexibility index (Phi) is 5.60. The van der Waals surface area contributed by atoms with E-state index < -0.39 is 23.4 Å². The lowest BCUT2D eigenvalue weighted by Crippen LogP contribution is -2.44. The van der Waals surface area contributed by atoms with Crippen LogP contribution in [0.5, 0.6) is 0 Å².